The third kappa shape index (κ3) is 3.75. The molecule has 1 fully saturated rings. The molecule has 1 aromatic heterocycles. The van der Waals surface area contributed by atoms with Crippen LogP contribution in [0.5, 0.6) is 0 Å². The van der Waals surface area contributed by atoms with Crippen molar-refractivity contribution in [3.05, 3.63) is 53.9 Å². The molecule has 0 spiro atoms. The Hall–Kier alpha value is -2.67. The predicted molar refractivity (Wildman–Crippen MR) is 82.4 cm³/mol. The van der Waals surface area contributed by atoms with Crippen molar-refractivity contribution in [2.75, 3.05) is 13.2 Å². The Morgan fingerprint density at radius 1 is 1.35 bits per heavy atom. The highest BCUT2D eigenvalue weighted by Gasteiger charge is 2.35. The fourth-order valence-corrected chi connectivity index (χ4v) is 2.54. The number of morpholine rings is 1. The van der Waals surface area contributed by atoms with E-state index in [0.29, 0.717) is 13.0 Å². The van der Waals surface area contributed by atoms with Crippen molar-refractivity contribution < 1.29 is 14.3 Å². The van der Waals surface area contributed by atoms with Crippen LogP contribution in [0.1, 0.15) is 17.2 Å². The van der Waals surface area contributed by atoms with Crippen molar-refractivity contribution in [1.29, 1.82) is 0 Å². The second-order valence-electron chi connectivity index (χ2n) is 5.34. The summed E-state index contributed by atoms with van der Waals surface area (Å²) in [7, 11) is 0. The van der Waals surface area contributed by atoms with Crippen LogP contribution < -0.4 is 10.6 Å². The number of hydrogen-bond donors (Lipinski definition) is 3. The van der Waals surface area contributed by atoms with Crippen molar-refractivity contribution in [3.8, 4) is 0 Å². The summed E-state index contributed by atoms with van der Waals surface area (Å²) in [6.45, 7) is 0.372. The molecule has 2 atom stereocenters. The minimum absolute atomic E-state index is 0.108. The second-order valence-corrected chi connectivity index (χ2v) is 5.34. The molecular formula is C16H18N4O3. The molecule has 2 heterocycles. The van der Waals surface area contributed by atoms with Gasteiger partial charge in [0.15, 0.2) is 6.10 Å². The number of hydrogen-bond acceptors (Lipinski definition) is 4. The third-order valence-electron chi connectivity index (χ3n) is 3.70. The summed E-state index contributed by atoms with van der Waals surface area (Å²) >= 11 is 0. The Balaban J connectivity index is 1.63. The van der Waals surface area contributed by atoms with Crippen LogP contribution in [0, 0.1) is 0 Å². The largest absolute Gasteiger partial charge is 0.356 e. The van der Waals surface area contributed by atoms with Gasteiger partial charge in [-0.1, -0.05) is 30.3 Å². The molecule has 0 aliphatic carbocycles. The van der Waals surface area contributed by atoms with Gasteiger partial charge in [-0.2, -0.15) is 5.10 Å². The SMILES string of the molecule is O=C1CO[C@H](C(=O)NCCc2cn[nH]c2)[C@@H](c2ccccc2)N1. The molecule has 3 N–H and O–H groups in total. The molecule has 1 saturated heterocycles. The molecule has 0 unspecified atom stereocenters. The number of ether oxygens (including phenoxy) is 1. The zero-order valence-electron chi connectivity index (χ0n) is 12.5. The molecule has 2 amide bonds. The maximum absolute atomic E-state index is 12.4. The standard InChI is InChI=1S/C16H18N4O3/c21-13-10-23-15(14(20-13)12-4-2-1-3-5-12)16(22)17-7-6-11-8-18-19-9-11/h1-5,8-9,14-15H,6-7,10H2,(H,17,22)(H,18,19)(H,20,21)/t14-,15+/m1/s1. The first-order valence-electron chi connectivity index (χ1n) is 7.45. The summed E-state index contributed by atoms with van der Waals surface area (Å²) in [6.07, 6.45) is 3.45. The highest BCUT2D eigenvalue weighted by molar-refractivity contribution is 5.86. The van der Waals surface area contributed by atoms with Gasteiger partial charge >= 0.3 is 0 Å². The number of nitrogens with zero attached hydrogens (tertiary/aromatic N) is 1. The normalized spacial score (nSPS) is 20.8. The zero-order chi connectivity index (χ0) is 16.1. The summed E-state index contributed by atoms with van der Waals surface area (Å²) in [5.41, 5.74) is 1.86. The number of amides is 2. The van der Waals surface area contributed by atoms with Crippen LogP contribution in [-0.2, 0) is 20.7 Å². The van der Waals surface area contributed by atoms with Crippen molar-refractivity contribution in [3.63, 3.8) is 0 Å². The average molecular weight is 314 g/mol. The van der Waals surface area contributed by atoms with Crippen LogP contribution in [0.25, 0.3) is 0 Å². The Bertz CT molecular complexity index is 657. The van der Waals surface area contributed by atoms with Crippen LogP contribution in [0.15, 0.2) is 42.7 Å². The first-order chi connectivity index (χ1) is 11.2. The summed E-state index contributed by atoms with van der Waals surface area (Å²) in [5, 5.41) is 12.3. The average Bonchev–Trinajstić information content (AvgIpc) is 3.09. The predicted octanol–water partition coefficient (Wildman–Crippen LogP) is 0.325. The van der Waals surface area contributed by atoms with E-state index in [0.717, 1.165) is 11.1 Å². The lowest BCUT2D eigenvalue weighted by molar-refractivity contribution is -0.148. The topological polar surface area (TPSA) is 96.1 Å². The molecule has 0 saturated carbocycles. The lowest BCUT2D eigenvalue weighted by Crippen LogP contribution is -2.52. The van der Waals surface area contributed by atoms with Gasteiger partial charge in [0.2, 0.25) is 5.91 Å². The third-order valence-corrected chi connectivity index (χ3v) is 3.70. The molecule has 3 rings (SSSR count). The van der Waals surface area contributed by atoms with E-state index in [4.69, 9.17) is 4.74 Å². The number of carbonyl (C=O) groups excluding carboxylic acids is 2. The van der Waals surface area contributed by atoms with E-state index in [1.807, 2.05) is 30.3 Å². The molecule has 2 aromatic rings. The van der Waals surface area contributed by atoms with Gasteiger partial charge in [-0.15, -0.1) is 0 Å². The van der Waals surface area contributed by atoms with Gasteiger partial charge in [-0.05, 0) is 17.5 Å². The number of aromatic amines is 1. The maximum Gasteiger partial charge on any atom is 0.251 e. The maximum atomic E-state index is 12.4. The van der Waals surface area contributed by atoms with Gasteiger partial charge in [-0.3, -0.25) is 14.7 Å². The van der Waals surface area contributed by atoms with Gasteiger partial charge in [0.05, 0.1) is 12.2 Å². The number of rotatable bonds is 5. The molecule has 120 valence electrons. The highest BCUT2D eigenvalue weighted by atomic mass is 16.5. The van der Waals surface area contributed by atoms with Crippen LogP contribution in [0.3, 0.4) is 0 Å². The van der Waals surface area contributed by atoms with E-state index in [1.54, 1.807) is 12.4 Å². The summed E-state index contributed by atoms with van der Waals surface area (Å²) in [4.78, 5) is 24.0. The Morgan fingerprint density at radius 2 is 2.17 bits per heavy atom. The van der Waals surface area contributed by atoms with E-state index in [9.17, 15) is 9.59 Å². The number of aromatic nitrogens is 2. The highest BCUT2D eigenvalue weighted by Crippen LogP contribution is 2.22. The minimum Gasteiger partial charge on any atom is -0.356 e. The molecule has 0 radical (unpaired) electrons. The smallest absolute Gasteiger partial charge is 0.251 e. The van der Waals surface area contributed by atoms with Gasteiger partial charge in [0.1, 0.15) is 6.61 Å². The molecule has 1 aliphatic rings. The molecule has 7 nitrogen and oxygen atoms in total. The number of carbonyl (C=O) groups is 2. The Labute approximate surface area is 133 Å². The fraction of sp³-hybridized carbons (Fsp3) is 0.312. The van der Waals surface area contributed by atoms with Crippen LogP contribution >= 0.6 is 0 Å². The minimum atomic E-state index is -0.737. The Morgan fingerprint density at radius 3 is 2.91 bits per heavy atom. The van der Waals surface area contributed by atoms with E-state index in [1.165, 1.54) is 0 Å². The first-order valence-corrected chi connectivity index (χ1v) is 7.45. The van der Waals surface area contributed by atoms with E-state index in [2.05, 4.69) is 20.8 Å². The van der Waals surface area contributed by atoms with Crippen molar-refractivity contribution in [1.82, 2.24) is 20.8 Å². The number of nitrogens with one attached hydrogen (secondary N) is 3. The van der Waals surface area contributed by atoms with Crippen LogP contribution in [0.2, 0.25) is 0 Å². The van der Waals surface area contributed by atoms with Gasteiger partial charge in [0.25, 0.3) is 5.91 Å². The summed E-state index contributed by atoms with van der Waals surface area (Å²) in [6, 6.07) is 8.87. The lowest BCUT2D eigenvalue weighted by atomic mass is 9.99. The first kappa shape index (κ1) is 15.2. The van der Waals surface area contributed by atoms with Gasteiger partial charge < -0.3 is 15.4 Å². The number of benzene rings is 1. The molecule has 0 bridgehead atoms. The fourth-order valence-electron chi connectivity index (χ4n) is 2.54. The van der Waals surface area contributed by atoms with E-state index < -0.39 is 12.1 Å². The Kier molecular flexibility index (Phi) is 4.68. The van der Waals surface area contributed by atoms with Crippen molar-refractivity contribution >= 4 is 11.8 Å². The monoisotopic (exact) mass is 314 g/mol. The molecule has 1 aliphatic heterocycles. The van der Waals surface area contributed by atoms with Gasteiger partial charge in [-0.25, -0.2) is 0 Å². The zero-order valence-corrected chi connectivity index (χ0v) is 12.5. The van der Waals surface area contributed by atoms with Gasteiger partial charge in [0, 0.05) is 12.7 Å². The van der Waals surface area contributed by atoms with E-state index in [-0.39, 0.29) is 18.4 Å². The second kappa shape index (κ2) is 7.06. The molecule has 1 aromatic carbocycles. The lowest BCUT2D eigenvalue weighted by Gasteiger charge is -2.31. The summed E-state index contributed by atoms with van der Waals surface area (Å²) in [5.74, 6) is -0.455. The molecule has 7 heteroatoms. The molecule has 23 heavy (non-hydrogen) atoms. The van der Waals surface area contributed by atoms with Crippen molar-refractivity contribution in [2.45, 2.75) is 18.6 Å². The van der Waals surface area contributed by atoms with Crippen LogP contribution in [0.4, 0.5) is 0 Å². The van der Waals surface area contributed by atoms with Crippen molar-refractivity contribution in [2.24, 2.45) is 0 Å². The quantitative estimate of drug-likeness (QED) is 0.741. The summed E-state index contributed by atoms with van der Waals surface area (Å²) < 4.78 is 5.46. The molecular weight excluding hydrogens is 296 g/mol. The van der Waals surface area contributed by atoms with E-state index >= 15 is 0 Å². The number of H-pyrrole nitrogens is 1. The van der Waals surface area contributed by atoms with Crippen LogP contribution in [-0.4, -0.2) is 41.3 Å².